The summed E-state index contributed by atoms with van der Waals surface area (Å²) >= 11 is 11.0. The molecule has 144 valence electrons. The second kappa shape index (κ2) is 9.34. The number of aromatic nitrogens is 1. The minimum absolute atomic E-state index is 0.127. The van der Waals surface area contributed by atoms with Crippen molar-refractivity contribution in [2.24, 2.45) is 5.10 Å². The molecule has 0 saturated carbocycles. The first-order chi connectivity index (χ1) is 13.6. The first-order valence-electron chi connectivity index (χ1n) is 8.77. The van der Waals surface area contributed by atoms with Crippen LogP contribution in [0.25, 0.3) is 10.9 Å². The maximum Gasteiger partial charge on any atom is 0.244 e. The Morgan fingerprint density at radius 3 is 2.71 bits per heavy atom. The van der Waals surface area contributed by atoms with E-state index in [1.807, 2.05) is 42.0 Å². The Labute approximate surface area is 173 Å². The van der Waals surface area contributed by atoms with Gasteiger partial charge in [-0.25, -0.2) is 0 Å². The Balaban J connectivity index is 1.76. The van der Waals surface area contributed by atoms with Crippen molar-refractivity contribution in [1.82, 2.24) is 15.3 Å². The molecule has 0 bridgehead atoms. The van der Waals surface area contributed by atoms with Crippen LogP contribution >= 0.6 is 23.8 Å². The maximum absolute atomic E-state index is 12.5. The lowest BCUT2D eigenvalue weighted by Crippen LogP contribution is -2.31. The number of carbonyl (C=O) groups is 1. The zero-order valence-electron chi connectivity index (χ0n) is 15.3. The van der Waals surface area contributed by atoms with Gasteiger partial charge in [0.15, 0.2) is 5.11 Å². The molecule has 0 spiro atoms. The highest BCUT2D eigenvalue weighted by atomic mass is 35.5. The molecular weight excluding hydrogens is 394 g/mol. The zero-order valence-corrected chi connectivity index (χ0v) is 16.8. The molecule has 0 saturated heterocycles. The quantitative estimate of drug-likeness (QED) is 0.327. The van der Waals surface area contributed by atoms with E-state index in [9.17, 15) is 4.79 Å². The van der Waals surface area contributed by atoms with Crippen LogP contribution in [0.3, 0.4) is 0 Å². The van der Waals surface area contributed by atoms with Gasteiger partial charge in [0, 0.05) is 39.9 Å². The average molecular weight is 414 g/mol. The third-order valence-electron chi connectivity index (χ3n) is 3.97. The normalized spacial score (nSPS) is 10.9. The molecule has 0 radical (unpaired) electrons. The third-order valence-corrected chi connectivity index (χ3v) is 4.46. The van der Waals surface area contributed by atoms with Crippen molar-refractivity contribution in [1.29, 1.82) is 0 Å². The predicted molar refractivity (Wildman–Crippen MR) is 119 cm³/mol. The van der Waals surface area contributed by atoms with Crippen LogP contribution in [-0.4, -0.2) is 28.3 Å². The van der Waals surface area contributed by atoms with Crippen LogP contribution in [0.5, 0.6) is 0 Å². The van der Waals surface area contributed by atoms with Crippen molar-refractivity contribution in [2.75, 3.05) is 11.9 Å². The number of rotatable bonds is 6. The van der Waals surface area contributed by atoms with Crippen LogP contribution in [-0.2, 0) is 11.3 Å². The first kappa shape index (κ1) is 19.9. The van der Waals surface area contributed by atoms with Crippen LogP contribution in [0, 0.1) is 0 Å². The molecule has 0 fully saturated rings. The summed E-state index contributed by atoms with van der Waals surface area (Å²) < 4.78 is 1.89. The lowest BCUT2D eigenvalue weighted by Gasteiger charge is -2.07. The van der Waals surface area contributed by atoms with Crippen molar-refractivity contribution in [3.8, 4) is 0 Å². The van der Waals surface area contributed by atoms with E-state index in [0.29, 0.717) is 15.8 Å². The molecule has 6 nitrogen and oxygen atoms in total. The number of para-hydroxylation sites is 1. The van der Waals surface area contributed by atoms with Gasteiger partial charge in [0.05, 0.1) is 6.21 Å². The first-order valence-corrected chi connectivity index (χ1v) is 9.55. The molecule has 8 heteroatoms. The second-order valence-electron chi connectivity index (χ2n) is 6.01. The van der Waals surface area contributed by atoms with Crippen LogP contribution in [0.4, 0.5) is 5.69 Å². The topological polar surface area (TPSA) is 70.5 Å². The number of thiocarbonyl (C=S) groups is 1. The van der Waals surface area contributed by atoms with Crippen LogP contribution in [0.2, 0.25) is 5.02 Å². The van der Waals surface area contributed by atoms with E-state index in [4.69, 9.17) is 23.8 Å². The SMILES string of the molecule is CCNC(=S)N/N=C\c1cn(CC(=O)Nc2ccc(Cl)cc2)c2ccccc12. The Kier molecular flexibility index (Phi) is 6.62. The molecule has 3 N–H and O–H groups in total. The van der Waals surface area contributed by atoms with Crippen molar-refractivity contribution in [3.63, 3.8) is 0 Å². The number of hydrogen-bond acceptors (Lipinski definition) is 3. The number of anilines is 1. The van der Waals surface area contributed by atoms with E-state index in [1.54, 1.807) is 30.5 Å². The van der Waals surface area contributed by atoms with Gasteiger partial charge in [0.1, 0.15) is 6.54 Å². The highest BCUT2D eigenvalue weighted by Gasteiger charge is 2.10. The van der Waals surface area contributed by atoms with Crippen LogP contribution in [0.1, 0.15) is 12.5 Å². The van der Waals surface area contributed by atoms with Gasteiger partial charge in [0.2, 0.25) is 5.91 Å². The summed E-state index contributed by atoms with van der Waals surface area (Å²) in [5.41, 5.74) is 5.32. The lowest BCUT2D eigenvalue weighted by atomic mass is 10.2. The number of benzene rings is 2. The smallest absolute Gasteiger partial charge is 0.244 e. The Morgan fingerprint density at radius 2 is 1.96 bits per heavy atom. The van der Waals surface area contributed by atoms with Crippen molar-refractivity contribution in [2.45, 2.75) is 13.5 Å². The minimum Gasteiger partial charge on any atom is -0.362 e. The van der Waals surface area contributed by atoms with Gasteiger partial charge in [-0.2, -0.15) is 5.10 Å². The van der Waals surface area contributed by atoms with Crippen LogP contribution < -0.4 is 16.1 Å². The third kappa shape index (κ3) is 5.09. The maximum atomic E-state index is 12.5. The molecule has 2 aromatic carbocycles. The number of nitrogens with one attached hydrogen (secondary N) is 3. The zero-order chi connectivity index (χ0) is 19.9. The summed E-state index contributed by atoms with van der Waals surface area (Å²) in [6, 6.07) is 14.9. The van der Waals surface area contributed by atoms with E-state index in [-0.39, 0.29) is 12.5 Å². The Hall–Kier alpha value is -2.90. The van der Waals surface area contributed by atoms with Gasteiger partial charge < -0.3 is 15.2 Å². The van der Waals surface area contributed by atoms with Gasteiger partial charge in [-0.3, -0.25) is 10.2 Å². The van der Waals surface area contributed by atoms with Crippen molar-refractivity contribution < 1.29 is 4.79 Å². The van der Waals surface area contributed by atoms with Crippen molar-refractivity contribution in [3.05, 3.63) is 65.3 Å². The van der Waals surface area contributed by atoms with Gasteiger partial charge in [-0.05, 0) is 49.5 Å². The molecule has 3 rings (SSSR count). The number of hydrazone groups is 1. The highest BCUT2D eigenvalue weighted by Crippen LogP contribution is 2.20. The molecule has 0 aliphatic rings. The van der Waals surface area contributed by atoms with E-state index in [1.165, 1.54) is 0 Å². The summed E-state index contributed by atoms with van der Waals surface area (Å²) in [5, 5.41) is 12.1. The number of fused-ring (bicyclic) bond motifs is 1. The summed E-state index contributed by atoms with van der Waals surface area (Å²) in [4.78, 5) is 12.5. The largest absolute Gasteiger partial charge is 0.362 e. The standard InChI is InChI=1S/C20H20ClN5OS/c1-2-22-20(28)25-23-11-14-12-26(18-6-4-3-5-17(14)18)13-19(27)24-16-9-7-15(21)8-10-16/h3-12H,2,13H2,1H3,(H,24,27)(H2,22,25,28)/b23-11-. The molecule has 28 heavy (non-hydrogen) atoms. The van der Waals surface area contributed by atoms with E-state index in [0.717, 1.165) is 23.0 Å². The summed E-state index contributed by atoms with van der Waals surface area (Å²) in [6.07, 6.45) is 3.59. The molecule has 0 aliphatic carbocycles. The molecule has 3 aromatic rings. The number of hydrogen-bond donors (Lipinski definition) is 3. The summed E-state index contributed by atoms with van der Waals surface area (Å²) in [5.74, 6) is -0.127. The monoisotopic (exact) mass is 413 g/mol. The number of halogens is 1. The van der Waals surface area contributed by atoms with Gasteiger partial charge in [-0.15, -0.1) is 0 Å². The average Bonchev–Trinajstić information content (AvgIpc) is 3.02. The molecular formula is C20H20ClN5OS. The lowest BCUT2D eigenvalue weighted by molar-refractivity contribution is -0.116. The van der Waals surface area contributed by atoms with Gasteiger partial charge in [0.25, 0.3) is 0 Å². The number of carbonyl (C=O) groups excluding carboxylic acids is 1. The summed E-state index contributed by atoms with van der Waals surface area (Å²) in [7, 11) is 0. The molecule has 0 aliphatic heterocycles. The van der Waals surface area contributed by atoms with E-state index >= 15 is 0 Å². The fourth-order valence-corrected chi connectivity index (χ4v) is 3.08. The summed E-state index contributed by atoms with van der Waals surface area (Å²) in [6.45, 7) is 2.87. The second-order valence-corrected chi connectivity index (χ2v) is 6.86. The van der Waals surface area contributed by atoms with Crippen LogP contribution in [0.15, 0.2) is 59.8 Å². The molecule has 1 amide bonds. The molecule has 1 aromatic heterocycles. The molecule has 0 unspecified atom stereocenters. The molecule has 0 atom stereocenters. The fraction of sp³-hybridized carbons (Fsp3) is 0.150. The Bertz CT molecular complexity index is 1010. The predicted octanol–water partition coefficient (Wildman–Crippen LogP) is 3.75. The number of amides is 1. The van der Waals surface area contributed by atoms with E-state index in [2.05, 4.69) is 21.2 Å². The van der Waals surface area contributed by atoms with Gasteiger partial charge >= 0.3 is 0 Å². The number of nitrogens with zero attached hydrogens (tertiary/aromatic N) is 2. The van der Waals surface area contributed by atoms with Crippen molar-refractivity contribution >= 4 is 57.6 Å². The van der Waals surface area contributed by atoms with Gasteiger partial charge in [-0.1, -0.05) is 29.8 Å². The highest BCUT2D eigenvalue weighted by molar-refractivity contribution is 7.80. The van der Waals surface area contributed by atoms with E-state index < -0.39 is 0 Å². The fourth-order valence-electron chi connectivity index (χ4n) is 2.76. The minimum atomic E-state index is -0.127. The molecule has 1 heterocycles. The Morgan fingerprint density at radius 1 is 1.21 bits per heavy atom.